The van der Waals surface area contributed by atoms with Crippen LogP contribution in [-0.4, -0.2) is 43.7 Å². The van der Waals surface area contributed by atoms with Crippen molar-refractivity contribution in [2.45, 2.75) is 25.4 Å². The maximum atomic E-state index is 12.1. The fourth-order valence-electron chi connectivity index (χ4n) is 2.06. The van der Waals surface area contributed by atoms with Crippen molar-refractivity contribution in [1.82, 2.24) is 10.2 Å². The number of para-hydroxylation sites is 1. The number of amides is 1. The van der Waals surface area contributed by atoms with Crippen LogP contribution in [-0.2, 0) is 11.2 Å². The minimum Gasteiger partial charge on any atom is -0.399 e. The number of rotatable bonds is 8. The largest absolute Gasteiger partial charge is 0.401 e. The van der Waals surface area contributed by atoms with Crippen LogP contribution in [0.25, 0.3) is 0 Å². The Kier molecular flexibility index (Phi) is 7.17. The minimum atomic E-state index is -4.19. The smallest absolute Gasteiger partial charge is 0.399 e. The summed E-state index contributed by atoms with van der Waals surface area (Å²) in [5, 5.41) is 2.70. The van der Waals surface area contributed by atoms with E-state index in [9.17, 15) is 18.0 Å². The number of nitrogen functional groups attached to an aromatic ring is 1. The molecular weight excluding hydrogens is 295 g/mol. The van der Waals surface area contributed by atoms with E-state index in [0.717, 1.165) is 5.56 Å². The summed E-state index contributed by atoms with van der Waals surface area (Å²) in [6.07, 6.45) is -2.85. The number of hydrogen-bond donors (Lipinski definition) is 2. The second-order valence-electron chi connectivity index (χ2n) is 5.26. The van der Waals surface area contributed by atoms with Crippen molar-refractivity contribution < 1.29 is 18.0 Å². The number of halogens is 3. The molecule has 0 aliphatic rings. The molecule has 0 atom stereocenters. The lowest BCUT2D eigenvalue weighted by Gasteiger charge is -2.18. The molecule has 0 heterocycles. The van der Waals surface area contributed by atoms with Gasteiger partial charge in [0.05, 0.1) is 6.54 Å². The van der Waals surface area contributed by atoms with Gasteiger partial charge in [-0.3, -0.25) is 9.69 Å². The number of carbonyl (C=O) groups is 1. The maximum absolute atomic E-state index is 12.1. The molecule has 0 aromatic heterocycles. The summed E-state index contributed by atoms with van der Waals surface area (Å²) in [5.41, 5.74) is 7.36. The SMILES string of the molecule is CN(CCCNC(=O)CCc1ccccc1N)CC(F)(F)F. The summed E-state index contributed by atoms with van der Waals surface area (Å²) in [5.74, 6) is -0.123. The van der Waals surface area contributed by atoms with Crippen LogP contribution in [0, 0.1) is 0 Å². The quantitative estimate of drug-likeness (QED) is 0.571. The van der Waals surface area contributed by atoms with Crippen molar-refractivity contribution in [2.24, 2.45) is 0 Å². The summed E-state index contributed by atoms with van der Waals surface area (Å²) in [6.45, 7) is -0.287. The number of nitrogens with zero attached hydrogens (tertiary/aromatic N) is 1. The molecule has 124 valence electrons. The molecule has 3 N–H and O–H groups in total. The van der Waals surface area contributed by atoms with Crippen LogP contribution < -0.4 is 11.1 Å². The standard InChI is InChI=1S/C15H22F3N3O/c1-21(11-15(16,17)18)10-4-9-20-14(22)8-7-12-5-2-3-6-13(12)19/h2-3,5-6H,4,7-11,19H2,1H3,(H,20,22). The molecule has 0 aliphatic heterocycles. The van der Waals surface area contributed by atoms with Crippen molar-refractivity contribution in [3.8, 4) is 0 Å². The van der Waals surface area contributed by atoms with E-state index in [1.165, 1.54) is 11.9 Å². The Morgan fingerprint density at radius 1 is 1.32 bits per heavy atom. The van der Waals surface area contributed by atoms with Crippen molar-refractivity contribution in [2.75, 3.05) is 32.4 Å². The van der Waals surface area contributed by atoms with E-state index in [1.54, 1.807) is 6.07 Å². The van der Waals surface area contributed by atoms with Crippen LogP contribution in [0.3, 0.4) is 0 Å². The first kappa shape index (κ1) is 18.3. The molecule has 0 saturated carbocycles. The van der Waals surface area contributed by atoms with Crippen molar-refractivity contribution in [3.63, 3.8) is 0 Å². The Morgan fingerprint density at radius 2 is 2.00 bits per heavy atom. The number of anilines is 1. The number of nitrogens with one attached hydrogen (secondary N) is 1. The first-order chi connectivity index (χ1) is 10.3. The first-order valence-corrected chi connectivity index (χ1v) is 7.13. The molecule has 0 saturated heterocycles. The Morgan fingerprint density at radius 3 is 2.64 bits per heavy atom. The second kappa shape index (κ2) is 8.63. The van der Waals surface area contributed by atoms with Gasteiger partial charge in [0.2, 0.25) is 5.91 Å². The summed E-state index contributed by atoms with van der Waals surface area (Å²) in [6, 6.07) is 7.34. The number of nitrogens with two attached hydrogens (primary N) is 1. The minimum absolute atomic E-state index is 0.123. The molecule has 0 radical (unpaired) electrons. The van der Waals surface area contributed by atoms with Crippen molar-refractivity contribution >= 4 is 11.6 Å². The van der Waals surface area contributed by atoms with Crippen LogP contribution in [0.2, 0.25) is 0 Å². The normalized spacial score (nSPS) is 11.7. The topological polar surface area (TPSA) is 58.4 Å². The lowest BCUT2D eigenvalue weighted by molar-refractivity contribution is -0.143. The highest BCUT2D eigenvalue weighted by molar-refractivity contribution is 5.76. The van der Waals surface area contributed by atoms with E-state index in [2.05, 4.69) is 5.32 Å². The molecule has 0 aliphatic carbocycles. The van der Waals surface area contributed by atoms with E-state index in [-0.39, 0.29) is 12.5 Å². The highest BCUT2D eigenvalue weighted by atomic mass is 19.4. The van der Waals surface area contributed by atoms with Gasteiger partial charge in [-0.05, 0) is 38.1 Å². The lowest BCUT2D eigenvalue weighted by atomic mass is 10.1. The van der Waals surface area contributed by atoms with Crippen LogP contribution >= 0.6 is 0 Å². The Hall–Kier alpha value is -1.76. The van der Waals surface area contributed by atoms with Gasteiger partial charge in [-0.25, -0.2) is 0 Å². The van der Waals surface area contributed by atoms with Gasteiger partial charge < -0.3 is 11.1 Å². The molecule has 1 aromatic carbocycles. The third kappa shape index (κ3) is 7.87. The third-order valence-corrected chi connectivity index (χ3v) is 3.16. The van der Waals surface area contributed by atoms with Gasteiger partial charge in [0, 0.05) is 18.7 Å². The monoisotopic (exact) mass is 317 g/mol. The zero-order chi connectivity index (χ0) is 16.6. The molecule has 1 amide bonds. The Labute approximate surface area is 128 Å². The summed E-state index contributed by atoms with van der Waals surface area (Å²) < 4.78 is 36.3. The van der Waals surface area contributed by atoms with Crippen molar-refractivity contribution in [3.05, 3.63) is 29.8 Å². The maximum Gasteiger partial charge on any atom is 0.401 e. The van der Waals surface area contributed by atoms with Crippen LogP contribution in [0.1, 0.15) is 18.4 Å². The predicted octanol–water partition coefficient (Wildman–Crippen LogP) is 2.20. The van der Waals surface area contributed by atoms with E-state index in [1.807, 2.05) is 18.2 Å². The average Bonchev–Trinajstić information content (AvgIpc) is 2.41. The Bertz CT molecular complexity index is 477. The molecule has 7 heteroatoms. The van der Waals surface area contributed by atoms with Gasteiger partial charge in [-0.1, -0.05) is 18.2 Å². The first-order valence-electron chi connectivity index (χ1n) is 7.13. The van der Waals surface area contributed by atoms with Crippen LogP contribution in [0.4, 0.5) is 18.9 Å². The van der Waals surface area contributed by atoms with Gasteiger partial charge >= 0.3 is 6.18 Å². The van der Waals surface area contributed by atoms with Crippen LogP contribution in [0.5, 0.6) is 0 Å². The van der Waals surface area contributed by atoms with Gasteiger partial charge in [-0.15, -0.1) is 0 Å². The number of hydrogen-bond acceptors (Lipinski definition) is 3. The summed E-state index contributed by atoms with van der Waals surface area (Å²) in [7, 11) is 1.41. The van der Waals surface area contributed by atoms with Crippen LogP contribution in [0.15, 0.2) is 24.3 Å². The highest BCUT2D eigenvalue weighted by Crippen LogP contribution is 2.15. The molecule has 0 fully saturated rings. The van der Waals surface area contributed by atoms with E-state index >= 15 is 0 Å². The molecule has 4 nitrogen and oxygen atoms in total. The number of aryl methyl sites for hydroxylation is 1. The molecule has 0 spiro atoms. The fourth-order valence-corrected chi connectivity index (χ4v) is 2.06. The zero-order valence-corrected chi connectivity index (χ0v) is 12.6. The van der Waals surface area contributed by atoms with E-state index < -0.39 is 12.7 Å². The number of alkyl halides is 3. The molecule has 22 heavy (non-hydrogen) atoms. The van der Waals surface area contributed by atoms with Crippen molar-refractivity contribution in [1.29, 1.82) is 0 Å². The molecule has 1 rings (SSSR count). The average molecular weight is 317 g/mol. The number of carbonyl (C=O) groups excluding carboxylic acids is 1. The second-order valence-corrected chi connectivity index (χ2v) is 5.26. The summed E-state index contributed by atoms with van der Waals surface area (Å²) >= 11 is 0. The van der Waals surface area contributed by atoms with Gasteiger partial charge in [0.15, 0.2) is 0 Å². The molecule has 0 unspecified atom stereocenters. The zero-order valence-electron chi connectivity index (χ0n) is 12.6. The van der Waals surface area contributed by atoms with E-state index in [0.29, 0.717) is 31.5 Å². The number of benzene rings is 1. The third-order valence-electron chi connectivity index (χ3n) is 3.16. The van der Waals surface area contributed by atoms with E-state index in [4.69, 9.17) is 5.73 Å². The van der Waals surface area contributed by atoms with Gasteiger partial charge in [0.1, 0.15) is 0 Å². The summed E-state index contributed by atoms with van der Waals surface area (Å²) in [4.78, 5) is 12.8. The predicted molar refractivity (Wildman–Crippen MR) is 80.4 cm³/mol. The van der Waals surface area contributed by atoms with Gasteiger partial charge in [0.25, 0.3) is 0 Å². The fraction of sp³-hybridized carbons (Fsp3) is 0.533. The Balaban J connectivity index is 2.15. The lowest BCUT2D eigenvalue weighted by Crippen LogP contribution is -2.33. The highest BCUT2D eigenvalue weighted by Gasteiger charge is 2.28. The molecule has 0 bridgehead atoms. The molecule has 1 aromatic rings. The molecular formula is C15H22F3N3O. The van der Waals surface area contributed by atoms with Gasteiger partial charge in [-0.2, -0.15) is 13.2 Å².